The van der Waals surface area contributed by atoms with E-state index < -0.39 is 5.82 Å². The van der Waals surface area contributed by atoms with Gasteiger partial charge in [0.2, 0.25) is 5.95 Å². The number of halogens is 1. The van der Waals surface area contributed by atoms with Crippen LogP contribution in [0.3, 0.4) is 0 Å². The molecule has 15 heavy (non-hydrogen) atoms. The molecule has 4 nitrogen and oxygen atoms in total. The average molecular weight is 205 g/mol. The van der Waals surface area contributed by atoms with Crippen molar-refractivity contribution < 1.29 is 9.50 Å². The molecule has 0 spiro atoms. The van der Waals surface area contributed by atoms with Gasteiger partial charge in [-0.1, -0.05) is 0 Å². The van der Waals surface area contributed by atoms with Gasteiger partial charge in [0.25, 0.3) is 0 Å². The number of aromatic nitrogens is 2. The third kappa shape index (κ3) is 1.85. The van der Waals surface area contributed by atoms with E-state index in [4.69, 9.17) is 5.73 Å². The van der Waals surface area contributed by atoms with E-state index >= 15 is 0 Å². The first-order valence-corrected chi connectivity index (χ1v) is 4.24. The quantitative estimate of drug-likeness (QED) is 0.741. The molecule has 0 aliphatic carbocycles. The Morgan fingerprint density at radius 3 is 2.80 bits per heavy atom. The summed E-state index contributed by atoms with van der Waals surface area (Å²) >= 11 is 0. The van der Waals surface area contributed by atoms with Crippen LogP contribution < -0.4 is 5.73 Å². The van der Waals surface area contributed by atoms with Crippen LogP contribution in [0.15, 0.2) is 30.5 Å². The third-order valence-corrected chi connectivity index (χ3v) is 1.91. The molecule has 0 amide bonds. The predicted molar refractivity (Wildman–Crippen MR) is 53.5 cm³/mol. The summed E-state index contributed by atoms with van der Waals surface area (Å²) in [6.07, 6.45) is 1.45. The molecular weight excluding hydrogens is 197 g/mol. The van der Waals surface area contributed by atoms with Crippen molar-refractivity contribution in [2.75, 3.05) is 5.73 Å². The molecule has 0 aliphatic rings. The van der Waals surface area contributed by atoms with Gasteiger partial charge < -0.3 is 10.8 Å². The van der Waals surface area contributed by atoms with E-state index in [0.29, 0.717) is 11.3 Å². The fourth-order valence-electron chi connectivity index (χ4n) is 1.24. The molecule has 1 heterocycles. The van der Waals surface area contributed by atoms with Crippen LogP contribution in [0.4, 0.5) is 10.3 Å². The van der Waals surface area contributed by atoms with Crippen molar-refractivity contribution in [1.82, 2.24) is 9.97 Å². The van der Waals surface area contributed by atoms with Crippen molar-refractivity contribution in [2.45, 2.75) is 0 Å². The molecule has 0 fully saturated rings. The van der Waals surface area contributed by atoms with Gasteiger partial charge >= 0.3 is 0 Å². The van der Waals surface area contributed by atoms with E-state index in [1.165, 1.54) is 24.4 Å². The molecule has 0 unspecified atom stereocenters. The van der Waals surface area contributed by atoms with E-state index in [2.05, 4.69) is 9.97 Å². The minimum atomic E-state index is -0.444. The molecule has 0 bridgehead atoms. The largest absolute Gasteiger partial charge is 0.507 e. The predicted octanol–water partition coefficient (Wildman–Crippen LogP) is 1.57. The lowest BCUT2D eigenvalue weighted by Gasteiger charge is -2.03. The summed E-state index contributed by atoms with van der Waals surface area (Å²) in [7, 11) is 0. The fourth-order valence-corrected chi connectivity index (χ4v) is 1.24. The maximum absolute atomic E-state index is 12.9. The summed E-state index contributed by atoms with van der Waals surface area (Å²) < 4.78 is 12.9. The molecule has 76 valence electrons. The van der Waals surface area contributed by atoms with Crippen LogP contribution in [0.1, 0.15) is 0 Å². The number of nitrogens with zero attached hydrogens (tertiary/aromatic N) is 2. The Labute approximate surface area is 85.2 Å². The van der Waals surface area contributed by atoms with Crippen molar-refractivity contribution in [1.29, 1.82) is 0 Å². The molecule has 3 N–H and O–H groups in total. The maximum Gasteiger partial charge on any atom is 0.220 e. The third-order valence-electron chi connectivity index (χ3n) is 1.91. The highest BCUT2D eigenvalue weighted by atomic mass is 19.1. The zero-order valence-corrected chi connectivity index (χ0v) is 7.68. The van der Waals surface area contributed by atoms with Gasteiger partial charge in [0.15, 0.2) is 0 Å². The van der Waals surface area contributed by atoms with E-state index in [1.807, 2.05) is 0 Å². The molecule has 0 saturated carbocycles. The van der Waals surface area contributed by atoms with E-state index in [9.17, 15) is 9.50 Å². The number of hydrogen-bond acceptors (Lipinski definition) is 4. The van der Waals surface area contributed by atoms with E-state index in [-0.39, 0.29) is 11.7 Å². The minimum Gasteiger partial charge on any atom is -0.507 e. The van der Waals surface area contributed by atoms with E-state index in [1.54, 1.807) is 6.07 Å². The molecule has 2 rings (SSSR count). The van der Waals surface area contributed by atoms with Crippen LogP contribution in [0.25, 0.3) is 11.3 Å². The lowest BCUT2D eigenvalue weighted by molar-refractivity contribution is 0.475. The van der Waals surface area contributed by atoms with Crippen molar-refractivity contribution in [3.8, 4) is 17.0 Å². The Morgan fingerprint density at radius 2 is 2.07 bits per heavy atom. The Hall–Kier alpha value is -2.17. The molecular formula is C10H8FN3O. The number of nitrogens with two attached hydrogens (primary N) is 1. The van der Waals surface area contributed by atoms with Crippen molar-refractivity contribution >= 4 is 5.95 Å². The van der Waals surface area contributed by atoms with Gasteiger partial charge in [0, 0.05) is 11.8 Å². The van der Waals surface area contributed by atoms with Gasteiger partial charge in [0.1, 0.15) is 11.6 Å². The average Bonchev–Trinajstić information content (AvgIpc) is 2.22. The van der Waals surface area contributed by atoms with Crippen LogP contribution in [0.5, 0.6) is 5.75 Å². The number of anilines is 1. The zero-order chi connectivity index (χ0) is 10.8. The van der Waals surface area contributed by atoms with Gasteiger partial charge in [-0.25, -0.2) is 14.4 Å². The smallest absolute Gasteiger partial charge is 0.220 e. The second-order valence-corrected chi connectivity index (χ2v) is 2.96. The zero-order valence-electron chi connectivity index (χ0n) is 7.68. The fraction of sp³-hybridized carbons (Fsp3) is 0. The number of hydrogen-bond donors (Lipinski definition) is 2. The van der Waals surface area contributed by atoms with Crippen LogP contribution >= 0.6 is 0 Å². The summed E-state index contributed by atoms with van der Waals surface area (Å²) in [5.74, 6) is -0.411. The molecule has 0 aliphatic heterocycles. The monoisotopic (exact) mass is 205 g/mol. The number of phenols is 1. The second-order valence-electron chi connectivity index (χ2n) is 2.96. The normalized spacial score (nSPS) is 10.2. The van der Waals surface area contributed by atoms with Crippen molar-refractivity contribution in [3.63, 3.8) is 0 Å². The van der Waals surface area contributed by atoms with E-state index in [0.717, 1.165) is 0 Å². The first-order valence-electron chi connectivity index (χ1n) is 4.24. The lowest BCUT2D eigenvalue weighted by atomic mass is 10.1. The lowest BCUT2D eigenvalue weighted by Crippen LogP contribution is -1.95. The van der Waals surface area contributed by atoms with Gasteiger partial charge in [-0.05, 0) is 24.3 Å². The molecule has 5 heteroatoms. The number of rotatable bonds is 1. The number of benzene rings is 1. The maximum atomic E-state index is 12.9. The topological polar surface area (TPSA) is 72.0 Å². The minimum absolute atomic E-state index is 0.0468. The van der Waals surface area contributed by atoms with Gasteiger partial charge in [-0.2, -0.15) is 0 Å². The standard InChI is InChI=1S/C10H8FN3O/c11-6-1-2-9(15)7(5-6)8-3-4-13-10(12)14-8/h1-5,15H,(H2,12,13,14). The van der Waals surface area contributed by atoms with Crippen molar-refractivity contribution in [2.24, 2.45) is 0 Å². The Morgan fingerprint density at radius 1 is 1.27 bits per heavy atom. The number of nitrogen functional groups attached to an aromatic ring is 1. The summed E-state index contributed by atoms with van der Waals surface area (Å²) in [4.78, 5) is 7.59. The first-order chi connectivity index (χ1) is 7.16. The molecule has 0 saturated heterocycles. The highest BCUT2D eigenvalue weighted by Crippen LogP contribution is 2.27. The van der Waals surface area contributed by atoms with Crippen LogP contribution in [0.2, 0.25) is 0 Å². The van der Waals surface area contributed by atoms with Gasteiger partial charge in [0.05, 0.1) is 5.69 Å². The SMILES string of the molecule is Nc1nccc(-c2cc(F)ccc2O)n1. The van der Waals surface area contributed by atoms with Gasteiger partial charge in [-0.15, -0.1) is 0 Å². The second kappa shape index (κ2) is 3.53. The Balaban J connectivity index is 2.58. The highest BCUT2D eigenvalue weighted by molar-refractivity contribution is 5.66. The summed E-state index contributed by atoms with van der Waals surface area (Å²) in [5.41, 5.74) is 6.07. The Bertz CT molecular complexity index is 502. The summed E-state index contributed by atoms with van der Waals surface area (Å²) in [6.45, 7) is 0. The number of phenolic OH excluding ortho intramolecular Hbond substituents is 1. The van der Waals surface area contributed by atoms with Crippen LogP contribution in [-0.4, -0.2) is 15.1 Å². The molecule has 1 aromatic carbocycles. The summed E-state index contributed by atoms with van der Waals surface area (Å²) in [5, 5.41) is 9.51. The molecule has 2 aromatic rings. The molecule has 1 aromatic heterocycles. The summed E-state index contributed by atoms with van der Waals surface area (Å²) in [6, 6.07) is 5.17. The van der Waals surface area contributed by atoms with Crippen LogP contribution in [-0.2, 0) is 0 Å². The van der Waals surface area contributed by atoms with Crippen LogP contribution in [0, 0.1) is 5.82 Å². The van der Waals surface area contributed by atoms with Gasteiger partial charge in [-0.3, -0.25) is 0 Å². The molecule has 0 radical (unpaired) electrons. The molecule has 0 atom stereocenters. The van der Waals surface area contributed by atoms with Crippen molar-refractivity contribution in [3.05, 3.63) is 36.3 Å². The first kappa shape index (κ1) is 9.39. The Kier molecular flexibility index (Phi) is 2.21. The number of aromatic hydroxyl groups is 1. The highest BCUT2D eigenvalue weighted by Gasteiger charge is 2.07.